The van der Waals surface area contributed by atoms with Gasteiger partial charge >= 0.3 is 0 Å². The van der Waals surface area contributed by atoms with Crippen molar-refractivity contribution in [1.82, 2.24) is 16.0 Å². The normalized spacial score (nSPS) is 34.8. The van der Waals surface area contributed by atoms with Crippen molar-refractivity contribution < 1.29 is 0 Å². The zero-order valence-electron chi connectivity index (χ0n) is 8.05. The SMILES string of the molecule is C1=CC(NC2CCCCN2)NCC1. The van der Waals surface area contributed by atoms with E-state index in [1.807, 2.05) is 0 Å². The van der Waals surface area contributed by atoms with Gasteiger partial charge in [-0.25, -0.2) is 0 Å². The van der Waals surface area contributed by atoms with Crippen molar-refractivity contribution in [3.63, 3.8) is 0 Å². The molecule has 0 aromatic rings. The summed E-state index contributed by atoms with van der Waals surface area (Å²) in [5.74, 6) is 0. The monoisotopic (exact) mass is 181 g/mol. The van der Waals surface area contributed by atoms with Crippen molar-refractivity contribution >= 4 is 0 Å². The third-order valence-corrected chi connectivity index (χ3v) is 2.69. The third-order valence-electron chi connectivity index (χ3n) is 2.69. The molecule has 0 spiro atoms. The molecular weight excluding hydrogens is 162 g/mol. The Hall–Kier alpha value is -0.380. The summed E-state index contributed by atoms with van der Waals surface area (Å²) in [7, 11) is 0. The Morgan fingerprint density at radius 1 is 1.15 bits per heavy atom. The van der Waals surface area contributed by atoms with Crippen LogP contribution in [0.25, 0.3) is 0 Å². The molecule has 2 unspecified atom stereocenters. The van der Waals surface area contributed by atoms with E-state index in [1.165, 1.54) is 19.3 Å². The molecule has 3 nitrogen and oxygen atoms in total. The third kappa shape index (κ3) is 2.79. The fourth-order valence-electron chi connectivity index (χ4n) is 1.95. The maximum Gasteiger partial charge on any atom is 0.0776 e. The second-order valence-corrected chi connectivity index (χ2v) is 3.82. The molecule has 0 saturated carbocycles. The van der Waals surface area contributed by atoms with Crippen LogP contribution in [-0.4, -0.2) is 25.4 Å². The standard InChI is InChI=1S/C10H19N3/c1-3-7-11-9(5-1)13-10-6-2-4-8-12-10/h1,5,9-13H,2-4,6-8H2. The Morgan fingerprint density at radius 3 is 2.85 bits per heavy atom. The van der Waals surface area contributed by atoms with Crippen LogP contribution in [0.1, 0.15) is 25.7 Å². The fraction of sp³-hybridized carbons (Fsp3) is 0.800. The van der Waals surface area contributed by atoms with Crippen LogP contribution in [0, 0.1) is 0 Å². The molecule has 1 fully saturated rings. The van der Waals surface area contributed by atoms with E-state index in [9.17, 15) is 0 Å². The molecule has 0 aromatic heterocycles. The lowest BCUT2D eigenvalue weighted by Crippen LogP contribution is -2.54. The first kappa shape index (κ1) is 9.19. The van der Waals surface area contributed by atoms with Crippen LogP contribution in [0.5, 0.6) is 0 Å². The summed E-state index contributed by atoms with van der Waals surface area (Å²) >= 11 is 0. The van der Waals surface area contributed by atoms with Crippen molar-refractivity contribution in [3.05, 3.63) is 12.2 Å². The Balaban J connectivity index is 1.75. The highest BCUT2D eigenvalue weighted by Gasteiger charge is 2.15. The quantitative estimate of drug-likeness (QED) is 0.545. The van der Waals surface area contributed by atoms with Gasteiger partial charge in [0.2, 0.25) is 0 Å². The van der Waals surface area contributed by atoms with Crippen LogP contribution in [-0.2, 0) is 0 Å². The zero-order chi connectivity index (χ0) is 8.93. The van der Waals surface area contributed by atoms with Crippen LogP contribution in [0.15, 0.2) is 12.2 Å². The van der Waals surface area contributed by atoms with E-state index >= 15 is 0 Å². The van der Waals surface area contributed by atoms with E-state index in [0.29, 0.717) is 12.3 Å². The van der Waals surface area contributed by atoms with Crippen molar-refractivity contribution in [2.45, 2.75) is 38.0 Å². The number of piperidine rings is 1. The molecule has 1 saturated heterocycles. The predicted molar refractivity (Wildman–Crippen MR) is 54.3 cm³/mol. The Bertz CT molecular complexity index is 173. The van der Waals surface area contributed by atoms with Gasteiger partial charge in [-0.15, -0.1) is 0 Å². The van der Waals surface area contributed by atoms with Crippen LogP contribution < -0.4 is 16.0 Å². The van der Waals surface area contributed by atoms with Gasteiger partial charge < -0.3 is 5.32 Å². The molecule has 74 valence electrons. The Labute approximate surface area is 80.0 Å². The molecular formula is C10H19N3. The van der Waals surface area contributed by atoms with Gasteiger partial charge in [0.1, 0.15) is 0 Å². The van der Waals surface area contributed by atoms with E-state index in [2.05, 4.69) is 28.1 Å². The van der Waals surface area contributed by atoms with Gasteiger partial charge in [0.25, 0.3) is 0 Å². The minimum absolute atomic E-state index is 0.379. The molecule has 2 rings (SSSR count). The van der Waals surface area contributed by atoms with E-state index < -0.39 is 0 Å². The molecule has 3 heteroatoms. The van der Waals surface area contributed by atoms with Gasteiger partial charge in [0, 0.05) is 6.54 Å². The summed E-state index contributed by atoms with van der Waals surface area (Å²) < 4.78 is 0. The summed E-state index contributed by atoms with van der Waals surface area (Å²) in [5.41, 5.74) is 0. The number of nitrogens with one attached hydrogen (secondary N) is 3. The molecule has 0 aromatic carbocycles. The number of hydrogen-bond acceptors (Lipinski definition) is 3. The average Bonchev–Trinajstić information content (AvgIpc) is 2.21. The van der Waals surface area contributed by atoms with Crippen LogP contribution in [0.3, 0.4) is 0 Å². The summed E-state index contributed by atoms with van der Waals surface area (Å²) in [5, 5.41) is 10.5. The van der Waals surface area contributed by atoms with Gasteiger partial charge in [-0.1, -0.05) is 12.2 Å². The van der Waals surface area contributed by atoms with Crippen LogP contribution in [0.4, 0.5) is 0 Å². The fourth-order valence-corrected chi connectivity index (χ4v) is 1.95. The minimum atomic E-state index is 0.379. The Morgan fingerprint density at radius 2 is 2.15 bits per heavy atom. The predicted octanol–water partition coefficient (Wildman–Crippen LogP) is 0.551. The molecule has 0 bridgehead atoms. The Kier molecular flexibility index (Phi) is 3.35. The van der Waals surface area contributed by atoms with Crippen LogP contribution >= 0.6 is 0 Å². The molecule has 0 amide bonds. The summed E-state index contributed by atoms with van der Waals surface area (Å²) in [6.07, 6.45) is 10.4. The van der Waals surface area contributed by atoms with Gasteiger partial charge in [-0.2, -0.15) is 0 Å². The van der Waals surface area contributed by atoms with Gasteiger partial charge in [0.05, 0.1) is 12.3 Å². The summed E-state index contributed by atoms with van der Waals surface area (Å²) in [6, 6.07) is 0. The molecule has 2 aliphatic rings. The lowest BCUT2D eigenvalue weighted by molar-refractivity contribution is 0.307. The van der Waals surface area contributed by atoms with Gasteiger partial charge in [0.15, 0.2) is 0 Å². The largest absolute Gasteiger partial charge is 0.302 e. The molecule has 2 atom stereocenters. The van der Waals surface area contributed by atoms with Crippen molar-refractivity contribution in [3.8, 4) is 0 Å². The number of hydrogen-bond donors (Lipinski definition) is 3. The van der Waals surface area contributed by atoms with E-state index in [1.54, 1.807) is 0 Å². The first-order valence-corrected chi connectivity index (χ1v) is 5.34. The first-order chi connectivity index (χ1) is 6.45. The highest BCUT2D eigenvalue weighted by molar-refractivity contribution is 4.97. The van der Waals surface area contributed by atoms with Gasteiger partial charge in [-0.05, 0) is 32.2 Å². The molecule has 3 N–H and O–H groups in total. The van der Waals surface area contributed by atoms with Crippen molar-refractivity contribution in [2.75, 3.05) is 13.1 Å². The van der Waals surface area contributed by atoms with Crippen LogP contribution in [0.2, 0.25) is 0 Å². The smallest absolute Gasteiger partial charge is 0.0776 e. The second kappa shape index (κ2) is 4.74. The molecule has 2 aliphatic heterocycles. The molecule has 0 aliphatic carbocycles. The molecule has 0 radical (unpaired) electrons. The van der Waals surface area contributed by atoms with E-state index in [-0.39, 0.29) is 0 Å². The molecule has 2 heterocycles. The minimum Gasteiger partial charge on any atom is -0.302 e. The van der Waals surface area contributed by atoms with E-state index in [4.69, 9.17) is 0 Å². The second-order valence-electron chi connectivity index (χ2n) is 3.82. The molecule has 13 heavy (non-hydrogen) atoms. The lowest BCUT2D eigenvalue weighted by atomic mass is 10.1. The first-order valence-electron chi connectivity index (χ1n) is 5.34. The summed E-state index contributed by atoms with van der Waals surface area (Å²) in [6.45, 7) is 2.26. The van der Waals surface area contributed by atoms with E-state index in [0.717, 1.165) is 19.5 Å². The lowest BCUT2D eigenvalue weighted by Gasteiger charge is -2.29. The maximum absolute atomic E-state index is 3.55. The highest BCUT2D eigenvalue weighted by atomic mass is 15.2. The topological polar surface area (TPSA) is 36.1 Å². The van der Waals surface area contributed by atoms with Crippen molar-refractivity contribution in [2.24, 2.45) is 0 Å². The van der Waals surface area contributed by atoms with Crippen molar-refractivity contribution in [1.29, 1.82) is 0 Å². The zero-order valence-corrected chi connectivity index (χ0v) is 8.05. The highest BCUT2D eigenvalue weighted by Crippen LogP contribution is 2.05. The number of rotatable bonds is 2. The maximum atomic E-state index is 3.55. The van der Waals surface area contributed by atoms with Gasteiger partial charge in [-0.3, -0.25) is 10.6 Å². The average molecular weight is 181 g/mol. The summed E-state index contributed by atoms with van der Waals surface area (Å²) in [4.78, 5) is 0.